The van der Waals surface area contributed by atoms with Crippen molar-refractivity contribution in [1.29, 1.82) is 0 Å². The van der Waals surface area contributed by atoms with Gasteiger partial charge in [-0.3, -0.25) is 14.5 Å². The number of nitrogens with zero attached hydrogens (tertiary/aromatic N) is 5. The molecule has 8 N–H and O–H groups in total. The molecule has 4 heterocycles. The molecule has 2 amide bonds. The summed E-state index contributed by atoms with van der Waals surface area (Å²) in [6, 6.07) is 0.446. The highest BCUT2D eigenvalue weighted by atomic mass is 32.2. The fourth-order valence-corrected chi connectivity index (χ4v) is 6.16. The van der Waals surface area contributed by atoms with Crippen molar-refractivity contribution in [1.82, 2.24) is 25.2 Å². The molecular formula is C18H19N9O6S3. The van der Waals surface area contributed by atoms with Crippen molar-refractivity contribution in [3.8, 4) is 0 Å². The molecule has 0 saturated carbocycles. The highest BCUT2D eigenvalue weighted by Gasteiger charge is 2.54. The number of β-lactam (4-membered cyclic amide) rings is 1. The van der Waals surface area contributed by atoms with Gasteiger partial charge < -0.3 is 37.2 Å². The van der Waals surface area contributed by atoms with Gasteiger partial charge in [-0.05, 0) is 0 Å². The Morgan fingerprint density at radius 2 is 2.03 bits per heavy atom. The van der Waals surface area contributed by atoms with E-state index in [9.17, 15) is 19.5 Å². The van der Waals surface area contributed by atoms with E-state index in [4.69, 9.17) is 26.8 Å². The van der Waals surface area contributed by atoms with Crippen LogP contribution in [0, 0.1) is 0 Å². The first-order valence-corrected chi connectivity index (χ1v) is 12.8. The van der Waals surface area contributed by atoms with Crippen LogP contribution in [0.5, 0.6) is 0 Å². The predicted molar refractivity (Wildman–Crippen MR) is 133 cm³/mol. The number of hydrogen-bond donors (Lipinski definition) is 5. The number of nitrogen functional groups attached to an aromatic ring is 3. The number of nitrogens with one attached hydrogen (secondary N) is 1. The standard InChI is InChI=1S/C18H19N9O6S3/c1-32-26-10(7-5-35-16(21)22-7)12(28)25-11-13(29)27-14(33-18(30)31)6(3-34-15(11)27)4-36-17-23-8(19)2-9(20)24-17/h2,5,11,15H,3-4H2,1H3,(H2,21,22)(H,25,28)(H,30,31)(H4,19,20,23,24)/t11?,15-/m0/s1. The molecule has 36 heavy (non-hydrogen) atoms. The number of carboxylic acid groups (broad SMARTS) is 1. The molecule has 1 unspecified atom stereocenters. The van der Waals surface area contributed by atoms with Gasteiger partial charge >= 0.3 is 6.16 Å². The summed E-state index contributed by atoms with van der Waals surface area (Å²) in [5.41, 5.74) is 17.6. The highest BCUT2D eigenvalue weighted by Crippen LogP contribution is 2.41. The molecular weight excluding hydrogens is 534 g/mol. The summed E-state index contributed by atoms with van der Waals surface area (Å²) in [4.78, 5) is 55.3. The lowest BCUT2D eigenvalue weighted by atomic mass is 10.1. The van der Waals surface area contributed by atoms with Crippen molar-refractivity contribution in [2.45, 2.75) is 16.6 Å². The van der Waals surface area contributed by atoms with Gasteiger partial charge in [0.25, 0.3) is 11.8 Å². The molecule has 0 bridgehead atoms. The normalized spacial score (nSPS) is 19.4. The molecule has 2 aromatic heterocycles. The number of fused-ring (bicyclic) bond motifs is 1. The maximum Gasteiger partial charge on any atom is 0.512 e. The van der Waals surface area contributed by atoms with Gasteiger partial charge in [0, 0.05) is 28.5 Å². The zero-order valence-electron chi connectivity index (χ0n) is 18.4. The fourth-order valence-electron chi connectivity index (χ4n) is 3.29. The van der Waals surface area contributed by atoms with Crippen LogP contribution in [0.4, 0.5) is 21.6 Å². The molecule has 0 spiro atoms. The molecule has 18 heteroatoms. The minimum absolute atomic E-state index is 0.121. The van der Waals surface area contributed by atoms with Crippen molar-refractivity contribution < 1.29 is 29.1 Å². The maximum absolute atomic E-state index is 13.0. The Morgan fingerprint density at radius 1 is 1.31 bits per heavy atom. The molecule has 190 valence electrons. The molecule has 0 aliphatic carbocycles. The Kier molecular flexibility index (Phi) is 7.36. The van der Waals surface area contributed by atoms with E-state index >= 15 is 0 Å². The van der Waals surface area contributed by atoms with Gasteiger partial charge in [-0.15, -0.1) is 23.1 Å². The molecule has 2 aliphatic rings. The number of thiazole rings is 1. The second-order valence-electron chi connectivity index (χ2n) is 7.12. The van der Waals surface area contributed by atoms with Crippen LogP contribution in [0.2, 0.25) is 0 Å². The summed E-state index contributed by atoms with van der Waals surface area (Å²) in [5, 5.41) is 17.0. The Labute approximate surface area is 215 Å². The van der Waals surface area contributed by atoms with Crippen LogP contribution in [0.15, 0.2) is 33.2 Å². The summed E-state index contributed by atoms with van der Waals surface area (Å²) in [7, 11) is 1.26. The number of carbonyl (C=O) groups is 3. The Morgan fingerprint density at radius 3 is 2.64 bits per heavy atom. The monoisotopic (exact) mass is 553 g/mol. The lowest BCUT2D eigenvalue weighted by Crippen LogP contribution is -2.70. The van der Waals surface area contributed by atoms with Crippen molar-refractivity contribution in [3.05, 3.63) is 28.6 Å². The fraction of sp³-hybridized carbons (Fsp3) is 0.278. The minimum atomic E-state index is -1.58. The van der Waals surface area contributed by atoms with Gasteiger partial charge in [-0.2, -0.15) is 0 Å². The molecule has 2 aliphatic heterocycles. The third-order valence-electron chi connectivity index (χ3n) is 4.75. The van der Waals surface area contributed by atoms with E-state index in [-0.39, 0.29) is 45.0 Å². The van der Waals surface area contributed by atoms with Crippen molar-refractivity contribution in [2.75, 3.05) is 35.8 Å². The maximum atomic E-state index is 13.0. The number of thioether (sulfide) groups is 2. The van der Waals surface area contributed by atoms with E-state index in [1.807, 2.05) is 0 Å². The molecule has 4 rings (SSSR count). The first-order chi connectivity index (χ1) is 17.2. The van der Waals surface area contributed by atoms with Crippen molar-refractivity contribution in [2.24, 2.45) is 5.16 Å². The largest absolute Gasteiger partial charge is 0.512 e. The minimum Gasteiger partial charge on any atom is -0.449 e. The highest BCUT2D eigenvalue weighted by molar-refractivity contribution is 8.01. The van der Waals surface area contributed by atoms with Gasteiger partial charge in [0.05, 0.1) is 0 Å². The SMILES string of the molecule is CON=C(C(=O)NC1C(=O)N2C(OC(=O)O)=C(CSc3nc(N)cc(N)n3)CS[C@@H]12)c1csc(N)n1. The van der Waals surface area contributed by atoms with Crippen LogP contribution in [0.25, 0.3) is 0 Å². The number of anilines is 3. The van der Waals surface area contributed by atoms with Crippen molar-refractivity contribution in [3.63, 3.8) is 0 Å². The molecule has 1 fully saturated rings. The number of nitrogens with two attached hydrogens (primary N) is 3. The first-order valence-electron chi connectivity index (χ1n) is 9.91. The summed E-state index contributed by atoms with van der Waals surface area (Å²) >= 11 is 3.59. The van der Waals surface area contributed by atoms with E-state index in [1.165, 1.54) is 35.2 Å². The van der Waals surface area contributed by atoms with Crippen LogP contribution in [0.3, 0.4) is 0 Å². The quantitative estimate of drug-likeness (QED) is 0.0730. The van der Waals surface area contributed by atoms with E-state index in [2.05, 4.69) is 25.4 Å². The number of ether oxygens (including phenoxy) is 1. The summed E-state index contributed by atoms with van der Waals surface area (Å²) < 4.78 is 4.96. The Hall–Kier alpha value is -3.77. The summed E-state index contributed by atoms with van der Waals surface area (Å²) in [5.74, 6) is -0.483. The van der Waals surface area contributed by atoms with Gasteiger partial charge in [0.2, 0.25) is 5.88 Å². The molecule has 1 saturated heterocycles. The van der Waals surface area contributed by atoms with Gasteiger partial charge in [0.1, 0.15) is 35.9 Å². The molecule has 2 atom stereocenters. The van der Waals surface area contributed by atoms with E-state index in [0.29, 0.717) is 11.3 Å². The van der Waals surface area contributed by atoms with Gasteiger partial charge in [-0.25, -0.2) is 19.7 Å². The average molecular weight is 554 g/mol. The van der Waals surface area contributed by atoms with E-state index in [0.717, 1.165) is 23.1 Å². The summed E-state index contributed by atoms with van der Waals surface area (Å²) in [6.07, 6.45) is -1.58. The third kappa shape index (κ3) is 5.24. The van der Waals surface area contributed by atoms with Crippen LogP contribution in [-0.4, -0.2) is 78.7 Å². The second kappa shape index (κ2) is 10.5. The molecule has 0 radical (unpaired) electrons. The molecule has 15 nitrogen and oxygen atoms in total. The lowest BCUT2D eigenvalue weighted by molar-refractivity contribution is -0.148. The zero-order chi connectivity index (χ0) is 26.0. The smallest absolute Gasteiger partial charge is 0.449 e. The zero-order valence-corrected chi connectivity index (χ0v) is 20.9. The molecule has 2 aromatic rings. The first kappa shape index (κ1) is 25.3. The Bertz CT molecular complexity index is 1260. The number of oxime groups is 1. The van der Waals surface area contributed by atoms with Crippen LogP contribution < -0.4 is 22.5 Å². The van der Waals surface area contributed by atoms with Crippen LogP contribution >= 0.6 is 34.9 Å². The molecule has 0 aromatic carbocycles. The lowest BCUT2D eigenvalue weighted by Gasteiger charge is -2.49. The number of rotatable bonds is 8. The average Bonchev–Trinajstić information content (AvgIpc) is 3.24. The second-order valence-corrected chi connectivity index (χ2v) is 10.1. The van der Waals surface area contributed by atoms with Gasteiger partial charge in [-0.1, -0.05) is 16.9 Å². The van der Waals surface area contributed by atoms with Crippen LogP contribution in [0.1, 0.15) is 5.69 Å². The van der Waals surface area contributed by atoms with Crippen LogP contribution in [-0.2, 0) is 19.2 Å². The van der Waals surface area contributed by atoms with E-state index in [1.54, 1.807) is 0 Å². The third-order valence-corrected chi connectivity index (χ3v) is 7.69. The predicted octanol–water partition coefficient (Wildman–Crippen LogP) is 0.129. The number of hydrogen-bond acceptors (Lipinski definition) is 15. The topological polar surface area (TPSA) is 234 Å². The van der Waals surface area contributed by atoms with E-state index < -0.39 is 29.4 Å². The Balaban J connectivity index is 1.50. The number of amides is 2. The number of carbonyl (C=O) groups excluding carboxylic acids is 2. The van der Waals surface area contributed by atoms with Gasteiger partial charge in [0.15, 0.2) is 16.0 Å². The number of aromatic nitrogens is 3. The summed E-state index contributed by atoms with van der Waals surface area (Å²) in [6.45, 7) is 0. The van der Waals surface area contributed by atoms with Crippen molar-refractivity contribution >= 4 is 75.3 Å².